The summed E-state index contributed by atoms with van der Waals surface area (Å²) in [5, 5.41) is 0. The van der Waals surface area contributed by atoms with Gasteiger partial charge in [0, 0.05) is 35.9 Å². The highest BCUT2D eigenvalue weighted by Gasteiger charge is 2.31. The van der Waals surface area contributed by atoms with E-state index >= 15 is 0 Å². The molecule has 0 radical (unpaired) electrons. The first kappa shape index (κ1) is 14.5. The number of carbonyl (C=O) groups is 1. The molecule has 1 aromatic rings. The number of carbonyl (C=O) groups excluding carboxylic acids is 1. The molecular formula is C14H23N3OS. The van der Waals surface area contributed by atoms with Crippen molar-refractivity contribution in [2.24, 2.45) is 5.73 Å². The van der Waals surface area contributed by atoms with Crippen LogP contribution >= 0.6 is 11.3 Å². The second kappa shape index (κ2) is 6.03. The van der Waals surface area contributed by atoms with Gasteiger partial charge in [0.05, 0.1) is 12.6 Å². The van der Waals surface area contributed by atoms with E-state index in [0.717, 1.165) is 19.5 Å². The summed E-state index contributed by atoms with van der Waals surface area (Å²) in [4.78, 5) is 18.5. The van der Waals surface area contributed by atoms with Crippen LogP contribution in [0.4, 0.5) is 0 Å². The largest absolute Gasteiger partial charge is 0.343 e. The molecule has 2 rings (SSSR count). The first-order chi connectivity index (χ1) is 9.02. The normalized spacial score (nSPS) is 20.6. The zero-order valence-electron chi connectivity index (χ0n) is 11.9. The van der Waals surface area contributed by atoms with E-state index in [4.69, 9.17) is 5.73 Å². The summed E-state index contributed by atoms with van der Waals surface area (Å²) < 4.78 is 0. The van der Waals surface area contributed by atoms with Gasteiger partial charge < -0.3 is 10.6 Å². The van der Waals surface area contributed by atoms with Crippen molar-refractivity contribution in [3.8, 4) is 0 Å². The lowest BCUT2D eigenvalue weighted by molar-refractivity contribution is -0.135. The summed E-state index contributed by atoms with van der Waals surface area (Å²) in [5.41, 5.74) is 6.31. The standard InChI is InChI=1S/C14H23N3OS/c1-4-11(15)14(12-6-5-10(2)19-12)17-8-7-16(3)13(18)9-17/h5-6,11,14H,4,7-9,15H2,1-3H3. The van der Waals surface area contributed by atoms with Crippen molar-refractivity contribution < 1.29 is 4.79 Å². The summed E-state index contributed by atoms with van der Waals surface area (Å²) >= 11 is 1.79. The van der Waals surface area contributed by atoms with Crippen molar-refractivity contribution >= 4 is 17.2 Å². The van der Waals surface area contributed by atoms with E-state index in [2.05, 4.69) is 30.9 Å². The number of likely N-dealkylation sites (N-methyl/N-ethyl adjacent to an activating group) is 1. The maximum Gasteiger partial charge on any atom is 0.236 e. The van der Waals surface area contributed by atoms with Crippen molar-refractivity contribution in [3.05, 3.63) is 21.9 Å². The highest BCUT2D eigenvalue weighted by molar-refractivity contribution is 7.12. The Morgan fingerprint density at radius 1 is 1.42 bits per heavy atom. The van der Waals surface area contributed by atoms with Crippen LogP contribution in [0, 0.1) is 6.92 Å². The first-order valence-electron chi connectivity index (χ1n) is 6.83. The Morgan fingerprint density at radius 3 is 2.68 bits per heavy atom. The van der Waals surface area contributed by atoms with E-state index in [1.807, 2.05) is 7.05 Å². The van der Waals surface area contributed by atoms with Crippen LogP contribution in [0.25, 0.3) is 0 Å². The van der Waals surface area contributed by atoms with Gasteiger partial charge in [0.1, 0.15) is 0 Å². The molecule has 2 heterocycles. The summed E-state index contributed by atoms with van der Waals surface area (Å²) in [6, 6.07) is 4.53. The van der Waals surface area contributed by atoms with Crippen LogP contribution in [-0.2, 0) is 4.79 Å². The number of thiophene rings is 1. The van der Waals surface area contributed by atoms with Gasteiger partial charge in [-0.2, -0.15) is 0 Å². The number of rotatable bonds is 4. The van der Waals surface area contributed by atoms with Gasteiger partial charge in [0.15, 0.2) is 0 Å². The molecule has 4 nitrogen and oxygen atoms in total. The van der Waals surface area contributed by atoms with Gasteiger partial charge in [-0.05, 0) is 25.5 Å². The van der Waals surface area contributed by atoms with Crippen LogP contribution in [0.2, 0.25) is 0 Å². The van der Waals surface area contributed by atoms with Crippen LogP contribution in [0.3, 0.4) is 0 Å². The molecule has 1 amide bonds. The van der Waals surface area contributed by atoms with Crippen LogP contribution < -0.4 is 5.73 Å². The van der Waals surface area contributed by atoms with Crippen molar-refractivity contribution in [1.29, 1.82) is 0 Å². The second-order valence-electron chi connectivity index (χ2n) is 5.25. The van der Waals surface area contributed by atoms with E-state index in [9.17, 15) is 4.79 Å². The average Bonchev–Trinajstić information content (AvgIpc) is 2.80. The van der Waals surface area contributed by atoms with E-state index < -0.39 is 0 Å². The molecule has 0 aromatic carbocycles. The fraction of sp³-hybridized carbons (Fsp3) is 0.643. The quantitative estimate of drug-likeness (QED) is 0.912. The molecule has 1 saturated heterocycles. The molecular weight excluding hydrogens is 258 g/mol. The molecule has 0 aliphatic carbocycles. The Morgan fingerprint density at radius 2 is 2.16 bits per heavy atom. The predicted octanol–water partition coefficient (Wildman–Crippen LogP) is 1.61. The van der Waals surface area contributed by atoms with E-state index in [1.54, 1.807) is 16.2 Å². The number of hydrogen-bond acceptors (Lipinski definition) is 4. The molecule has 1 aromatic heterocycles. The third-order valence-corrected chi connectivity index (χ3v) is 4.88. The van der Waals surface area contributed by atoms with Crippen molar-refractivity contribution in [1.82, 2.24) is 9.80 Å². The number of nitrogens with two attached hydrogens (primary N) is 1. The zero-order chi connectivity index (χ0) is 14.0. The predicted molar refractivity (Wildman–Crippen MR) is 79.3 cm³/mol. The summed E-state index contributed by atoms with van der Waals surface area (Å²) in [7, 11) is 1.86. The molecule has 2 N–H and O–H groups in total. The molecule has 0 saturated carbocycles. The SMILES string of the molecule is CCC(N)C(c1ccc(C)s1)N1CCN(C)C(=O)C1. The minimum absolute atomic E-state index is 0.0780. The number of amides is 1. The van der Waals surface area contributed by atoms with Gasteiger partial charge >= 0.3 is 0 Å². The maximum absolute atomic E-state index is 11.9. The molecule has 0 bridgehead atoms. The monoisotopic (exact) mass is 281 g/mol. The number of piperazine rings is 1. The average molecular weight is 281 g/mol. The summed E-state index contributed by atoms with van der Waals surface area (Å²) in [6.45, 7) is 6.38. The van der Waals surface area contributed by atoms with Gasteiger partial charge in [-0.1, -0.05) is 6.92 Å². The third-order valence-electron chi connectivity index (χ3n) is 3.81. The Hall–Kier alpha value is -0.910. The summed E-state index contributed by atoms with van der Waals surface area (Å²) in [6.07, 6.45) is 0.919. The number of nitrogens with zero attached hydrogens (tertiary/aromatic N) is 2. The van der Waals surface area contributed by atoms with Crippen molar-refractivity contribution in [3.63, 3.8) is 0 Å². The topological polar surface area (TPSA) is 49.6 Å². The first-order valence-corrected chi connectivity index (χ1v) is 7.64. The Labute approximate surface area is 119 Å². The van der Waals surface area contributed by atoms with Gasteiger partial charge in [-0.15, -0.1) is 11.3 Å². The highest BCUT2D eigenvalue weighted by atomic mass is 32.1. The summed E-state index contributed by atoms with van der Waals surface area (Å²) in [5.74, 6) is 0.188. The van der Waals surface area contributed by atoms with Crippen molar-refractivity contribution in [2.45, 2.75) is 32.4 Å². The maximum atomic E-state index is 11.9. The smallest absolute Gasteiger partial charge is 0.236 e. The lowest BCUT2D eigenvalue weighted by atomic mass is 10.0. The molecule has 2 atom stereocenters. The highest BCUT2D eigenvalue weighted by Crippen LogP contribution is 2.31. The third kappa shape index (κ3) is 3.16. The van der Waals surface area contributed by atoms with Gasteiger partial charge in [-0.25, -0.2) is 0 Å². The molecule has 0 spiro atoms. The molecule has 1 fully saturated rings. The van der Waals surface area contributed by atoms with Crippen LogP contribution in [0.15, 0.2) is 12.1 Å². The fourth-order valence-electron chi connectivity index (χ4n) is 2.51. The van der Waals surface area contributed by atoms with Crippen molar-refractivity contribution in [2.75, 3.05) is 26.7 Å². The van der Waals surface area contributed by atoms with Gasteiger partial charge in [-0.3, -0.25) is 9.69 Å². The molecule has 1 aliphatic heterocycles. The van der Waals surface area contributed by atoms with Crippen LogP contribution in [0.1, 0.15) is 29.1 Å². The van der Waals surface area contributed by atoms with Gasteiger partial charge in [0.2, 0.25) is 5.91 Å². The molecule has 5 heteroatoms. The van der Waals surface area contributed by atoms with Crippen LogP contribution in [0.5, 0.6) is 0 Å². The Balaban J connectivity index is 2.21. The minimum atomic E-state index is 0.0780. The molecule has 19 heavy (non-hydrogen) atoms. The van der Waals surface area contributed by atoms with Crippen LogP contribution in [-0.4, -0.2) is 48.4 Å². The number of hydrogen-bond donors (Lipinski definition) is 1. The minimum Gasteiger partial charge on any atom is -0.343 e. The molecule has 1 aliphatic rings. The van der Waals surface area contributed by atoms with E-state index in [1.165, 1.54) is 9.75 Å². The van der Waals surface area contributed by atoms with E-state index in [0.29, 0.717) is 6.54 Å². The fourth-order valence-corrected chi connectivity index (χ4v) is 3.60. The Bertz CT molecular complexity index is 446. The number of aryl methyl sites for hydroxylation is 1. The van der Waals surface area contributed by atoms with Gasteiger partial charge in [0.25, 0.3) is 0 Å². The molecule has 2 unspecified atom stereocenters. The lowest BCUT2D eigenvalue weighted by Crippen LogP contribution is -2.52. The second-order valence-corrected chi connectivity index (χ2v) is 6.57. The van der Waals surface area contributed by atoms with E-state index in [-0.39, 0.29) is 18.0 Å². The lowest BCUT2D eigenvalue weighted by Gasteiger charge is -2.39. The molecule has 106 valence electrons. The Kier molecular flexibility index (Phi) is 4.60. The zero-order valence-corrected chi connectivity index (χ0v) is 12.7.